The normalized spacial score (nSPS) is 20.4. The zero-order valence-electron chi connectivity index (χ0n) is 9.39. The van der Waals surface area contributed by atoms with Crippen molar-refractivity contribution in [2.75, 3.05) is 18.9 Å². The van der Waals surface area contributed by atoms with E-state index in [0.717, 1.165) is 19.4 Å². The highest BCUT2D eigenvalue weighted by atomic mass is 16.3. The van der Waals surface area contributed by atoms with E-state index in [1.54, 1.807) is 28.8 Å². The van der Waals surface area contributed by atoms with Gasteiger partial charge in [-0.25, -0.2) is 0 Å². The molecule has 0 radical (unpaired) electrons. The molecule has 1 aromatic heterocycles. The van der Waals surface area contributed by atoms with Crippen LogP contribution in [0.3, 0.4) is 0 Å². The van der Waals surface area contributed by atoms with Gasteiger partial charge in [0.2, 0.25) is 0 Å². The molecule has 0 saturated carbocycles. The Bertz CT molecular complexity index is 400. The highest BCUT2D eigenvalue weighted by Gasteiger charge is 2.29. The van der Waals surface area contributed by atoms with Crippen molar-refractivity contribution in [3.05, 3.63) is 18.0 Å². The fourth-order valence-electron chi connectivity index (χ4n) is 2.24. The van der Waals surface area contributed by atoms with E-state index in [1.165, 1.54) is 0 Å². The van der Waals surface area contributed by atoms with Gasteiger partial charge in [-0.15, -0.1) is 0 Å². The summed E-state index contributed by atoms with van der Waals surface area (Å²) in [5.41, 5.74) is 6.81. The van der Waals surface area contributed by atoms with Gasteiger partial charge in [-0.05, 0) is 18.9 Å². The van der Waals surface area contributed by atoms with Crippen molar-refractivity contribution in [1.82, 2.24) is 9.47 Å². The maximum absolute atomic E-state index is 12.2. The zero-order chi connectivity index (χ0) is 11.7. The molecule has 1 fully saturated rings. The summed E-state index contributed by atoms with van der Waals surface area (Å²) in [5, 5.41) is 9.18. The molecule has 1 aliphatic heterocycles. The lowest BCUT2D eigenvalue weighted by Crippen LogP contribution is -2.38. The standard InChI is InChI=1S/C11H17N3O2/c1-13-6-8(12)5-10(13)11(16)14-4-2-3-9(14)7-15/h5-6,9,15H,2-4,7,12H2,1H3. The second-order valence-corrected chi connectivity index (χ2v) is 4.25. The molecule has 2 rings (SSSR count). The molecule has 2 heterocycles. The Morgan fingerprint density at radius 3 is 3.00 bits per heavy atom. The first-order chi connectivity index (χ1) is 7.63. The zero-order valence-corrected chi connectivity index (χ0v) is 9.39. The molecule has 0 spiro atoms. The molecule has 3 N–H and O–H groups in total. The smallest absolute Gasteiger partial charge is 0.270 e. The first-order valence-electron chi connectivity index (χ1n) is 5.47. The van der Waals surface area contributed by atoms with Crippen LogP contribution in [0.5, 0.6) is 0 Å². The maximum atomic E-state index is 12.2. The van der Waals surface area contributed by atoms with Gasteiger partial charge in [0.1, 0.15) is 5.69 Å². The van der Waals surface area contributed by atoms with E-state index in [9.17, 15) is 9.90 Å². The molecule has 0 aromatic carbocycles. The van der Waals surface area contributed by atoms with Gasteiger partial charge in [-0.1, -0.05) is 0 Å². The van der Waals surface area contributed by atoms with Crippen LogP contribution in [0.15, 0.2) is 12.3 Å². The third kappa shape index (κ3) is 1.78. The predicted octanol–water partition coefficient (Wildman–Crippen LogP) is 0.204. The van der Waals surface area contributed by atoms with E-state index in [1.807, 2.05) is 0 Å². The molecule has 1 unspecified atom stereocenters. The van der Waals surface area contributed by atoms with Crippen LogP contribution >= 0.6 is 0 Å². The summed E-state index contributed by atoms with van der Waals surface area (Å²) < 4.78 is 1.73. The number of anilines is 1. The van der Waals surface area contributed by atoms with Crippen LogP contribution < -0.4 is 5.73 Å². The van der Waals surface area contributed by atoms with Crippen LogP contribution in [0.1, 0.15) is 23.3 Å². The lowest BCUT2D eigenvalue weighted by molar-refractivity contribution is 0.0668. The summed E-state index contributed by atoms with van der Waals surface area (Å²) in [5.74, 6) is -0.0456. The highest BCUT2D eigenvalue weighted by Crippen LogP contribution is 2.20. The number of nitrogen functional groups attached to an aromatic ring is 1. The lowest BCUT2D eigenvalue weighted by Gasteiger charge is -2.23. The average molecular weight is 223 g/mol. The number of rotatable bonds is 2. The fourth-order valence-corrected chi connectivity index (χ4v) is 2.24. The van der Waals surface area contributed by atoms with Gasteiger partial charge in [0.15, 0.2) is 0 Å². The van der Waals surface area contributed by atoms with Gasteiger partial charge in [0.05, 0.1) is 18.3 Å². The summed E-state index contributed by atoms with van der Waals surface area (Å²) in [6.07, 6.45) is 3.55. The lowest BCUT2D eigenvalue weighted by atomic mass is 10.2. The summed E-state index contributed by atoms with van der Waals surface area (Å²) in [4.78, 5) is 13.9. The second-order valence-electron chi connectivity index (χ2n) is 4.25. The highest BCUT2D eigenvalue weighted by molar-refractivity contribution is 5.94. The summed E-state index contributed by atoms with van der Waals surface area (Å²) in [7, 11) is 1.80. The van der Waals surface area contributed by atoms with Crippen LogP contribution in [-0.2, 0) is 7.05 Å². The number of hydrogen-bond donors (Lipinski definition) is 2. The third-order valence-corrected chi connectivity index (χ3v) is 3.09. The van der Waals surface area contributed by atoms with E-state index >= 15 is 0 Å². The molecular weight excluding hydrogens is 206 g/mol. The molecule has 1 saturated heterocycles. The van der Waals surface area contributed by atoms with E-state index in [-0.39, 0.29) is 18.6 Å². The van der Waals surface area contributed by atoms with E-state index < -0.39 is 0 Å². The van der Waals surface area contributed by atoms with Crippen LogP contribution in [0.2, 0.25) is 0 Å². The number of nitrogens with two attached hydrogens (primary N) is 1. The quantitative estimate of drug-likeness (QED) is 0.752. The summed E-state index contributed by atoms with van der Waals surface area (Å²) in [6, 6.07) is 1.64. The summed E-state index contributed by atoms with van der Waals surface area (Å²) >= 11 is 0. The summed E-state index contributed by atoms with van der Waals surface area (Å²) in [6.45, 7) is 0.751. The molecule has 0 aliphatic carbocycles. The Morgan fingerprint density at radius 2 is 2.44 bits per heavy atom. The third-order valence-electron chi connectivity index (χ3n) is 3.09. The van der Waals surface area contributed by atoms with Crippen molar-refractivity contribution in [2.45, 2.75) is 18.9 Å². The van der Waals surface area contributed by atoms with E-state index in [0.29, 0.717) is 11.4 Å². The Hall–Kier alpha value is -1.49. The first kappa shape index (κ1) is 11.0. The maximum Gasteiger partial charge on any atom is 0.270 e. The number of likely N-dealkylation sites (tertiary alicyclic amines) is 1. The molecule has 88 valence electrons. The van der Waals surface area contributed by atoms with Crippen LogP contribution in [-0.4, -0.2) is 39.7 Å². The molecule has 1 aliphatic rings. The molecule has 1 amide bonds. The second kappa shape index (κ2) is 4.17. The number of aliphatic hydroxyl groups excluding tert-OH is 1. The van der Waals surface area contributed by atoms with E-state index in [4.69, 9.17) is 5.73 Å². The molecule has 5 heteroatoms. The number of aryl methyl sites for hydroxylation is 1. The van der Waals surface area contributed by atoms with Gasteiger partial charge >= 0.3 is 0 Å². The molecule has 5 nitrogen and oxygen atoms in total. The Kier molecular flexibility index (Phi) is 2.87. The Balaban J connectivity index is 2.21. The Morgan fingerprint density at radius 1 is 1.69 bits per heavy atom. The minimum atomic E-state index is -0.0456. The van der Waals surface area contributed by atoms with Gasteiger partial charge in [-0.2, -0.15) is 0 Å². The molecular formula is C11H17N3O2. The van der Waals surface area contributed by atoms with Crippen molar-refractivity contribution < 1.29 is 9.90 Å². The number of amides is 1. The topological polar surface area (TPSA) is 71.5 Å². The van der Waals surface area contributed by atoms with E-state index in [2.05, 4.69) is 0 Å². The minimum Gasteiger partial charge on any atom is -0.397 e. The van der Waals surface area contributed by atoms with Crippen LogP contribution in [0, 0.1) is 0 Å². The number of carbonyl (C=O) groups is 1. The monoisotopic (exact) mass is 223 g/mol. The number of aliphatic hydroxyl groups is 1. The van der Waals surface area contributed by atoms with Gasteiger partial charge in [0.25, 0.3) is 5.91 Å². The molecule has 0 bridgehead atoms. The minimum absolute atomic E-state index is 0.0334. The fraction of sp³-hybridized carbons (Fsp3) is 0.545. The van der Waals surface area contributed by atoms with Gasteiger partial charge < -0.3 is 20.3 Å². The molecule has 16 heavy (non-hydrogen) atoms. The number of aromatic nitrogens is 1. The van der Waals surface area contributed by atoms with Crippen molar-refractivity contribution in [2.24, 2.45) is 7.05 Å². The number of hydrogen-bond acceptors (Lipinski definition) is 3. The van der Waals surface area contributed by atoms with Crippen molar-refractivity contribution in [1.29, 1.82) is 0 Å². The number of nitrogens with zero attached hydrogens (tertiary/aromatic N) is 2. The van der Waals surface area contributed by atoms with Crippen molar-refractivity contribution in [3.8, 4) is 0 Å². The van der Waals surface area contributed by atoms with Gasteiger partial charge in [-0.3, -0.25) is 4.79 Å². The van der Waals surface area contributed by atoms with Gasteiger partial charge in [0, 0.05) is 19.8 Å². The number of carbonyl (C=O) groups excluding carboxylic acids is 1. The average Bonchev–Trinajstić information content (AvgIpc) is 2.83. The van der Waals surface area contributed by atoms with Crippen molar-refractivity contribution in [3.63, 3.8) is 0 Å². The largest absolute Gasteiger partial charge is 0.397 e. The Labute approximate surface area is 94.5 Å². The van der Waals surface area contributed by atoms with Crippen LogP contribution in [0.25, 0.3) is 0 Å². The predicted molar refractivity (Wildman–Crippen MR) is 61.0 cm³/mol. The van der Waals surface area contributed by atoms with Crippen LogP contribution in [0.4, 0.5) is 5.69 Å². The van der Waals surface area contributed by atoms with Crippen molar-refractivity contribution >= 4 is 11.6 Å². The molecule has 1 aromatic rings. The molecule has 1 atom stereocenters. The SMILES string of the molecule is Cn1cc(N)cc1C(=O)N1CCCC1CO. The first-order valence-corrected chi connectivity index (χ1v) is 5.47.